The molecule has 0 aliphatic carbocycles. The normalized spacial score (nSPS) is 23.1. The van der Waals surface area contributed by atoms with E-state index < -0.39 is 0 Å². The molecule has 2 saturated heterocycles. The number of halogens is 1. The van der Waals surface area contributed by atoms with Gasteiger partial charge in [-0.25, -0.2) is 0 Å². The number of likely N-dealkylation sites (tertiary alicyclic amines) is 1. The lowest BCUT2D eigenvalue weighted by atomic mass is 10.1. The number of nitrogens with two attached hydrogens (primary N) is 1. The van der Waals surface area contributed by atoms with Crippen molar-refractivity contribution in [3.63, 3.8) is 0 Å². The van der Waals surface area contributed by atoms with Crippen LogP contribution in [0.5, 0.6) is 0 Å². The third-order valence-corrected chi connectivity index (χ3v) is 5.38. The van der Waals surface area contributed by atoms with Gasteiger partial charge in [0.15, 0.2) is 5.96 Å². The number of rotatable bonds is 4. The summed E-state index contributed by atoms with van der Waals surface area (Å²) in [6, 6.07) is 8.05. The van der Waals surface area contributed by atoms with Gasteiger partial charge in [0.2, 0.25) is 0 Å². The van der Waals surface area contributed by atoms with E-state index in [2.05, 4.69) is 38.7 Å². The van der Waals surface area contributed by atoms with Gasteiger partial charge in [0.1, 0.15) is 0 Å². The summed E-state index contributed by atoms with van der Waals surface area (Å²) in [5, 5.41) is 0.780. The minimum atomic E-state index is 0.666. The van der Waals surface area contributed by atoms with Crippen molar-refractivity contribution in [3.05, 3.63) is 29.3 Å². The van der Waals surface area contributed by atoms with Crippen LogP contribution in [0.3, 0.4) is 0 Å². The molecule has 24 heavy (non-hydrogen) atoms. The van der Waals surface area contributed by atoms with E-state index in [9.17, 15) is 0 Å². The highest BCUT2D eigenvalue weighted by molar-refractivity contribution is 6.30. The van der Waals surface area contributed by atoms with Crippen LogP contribution in [-0.4, -0.2) is 68.1 Å². The lowest BCUT2D eigenvalue weighted by Crippen LogP contribution is -2.51. The van der Waals surface area contributed by atoms with E-state index in [0.29, 0.717) is 11.9 Å². The number of piperazine rings is 1. The molecule has 0 bridgehead atoms. The highest BCUT2D eigenvalue weighted by atomic mass is 35.5. The van der Waals surface area contributed by atoms with E-state index >= 15 is 0 Å². The quantitative estimate of drug-likeness (QED) is 0.668. The van der Waals surface area contributed by atoms with Crippen molar-refractivity contribution in [2.24, 2.45) is 16.6 Å². The molecule has 2 N–H and O–H groups in total. The molecule has 0 spiro atoms. The van der Waals surface area contributed by atoms with Crippen molar-refractivity contribution >= 4 is 23.2 Å². The Morgan fingerprint density at radius 1 is 1.17 bits per heavy atom. The number of hydrogen-bond acceptors (Lipinski definition) is 3. The van der Waals surface area contributed by atoms with Crippen LogP contribution in [0.1, 0.15) is 13.3 Å². The molecule has 132 valence electrons. The zero-order chi connectivity index (χ0) is 16.9. The molecule has 1 atom stereocenters. The average Bonchev–Trinajstić information content (AvgIpc) is 3.09. The first-order chi connectivity index (χ1) is 11.7. The monoisotopic (exact) mass is 349 g/mol. The fourth-order valence-corrected chi connectivity index (χ4v) is 3.64. The van der Waals surface area contributed by atoms with E-state index in [1.807, 2.05) is 12.1 Å². The maximum absolute atomic E-state index is 6.22. The second-order valence-electron chi connectivity index (χ2n) is 6.70. The molecule has 1 aromatic carbocycles. The van der Waals surface area contributed by atoms with Crippen molar-refractivity contribution in [2.45, 2.75) is 13.3 Å². The second kappa shape index (κ2) is 8.08. The highest BCUT2D eigenvalue weighted by Gasteiger charge is 2.22. The van der Waals surface area contributed by atoms with E-state index in [4.69, 9.17) is 17.3 Å². The Bertz CT molecular complexity index is 551. The van der Waals surface area contributed by atoms with Crippen LogP contribution in [0.2, 0.25) is 5.02 Å². The number of nitrogens with zero attached hydrogens (tertiary/aromatic N) is 4. The fraction of sp³-hybridized carbons (Fsp3) is 0.611. The summed E-state index contributed by atoms with van der Waals surface area (Å²) >= 11 is 5.96. The molecule has 2 aliphatic rings. The highest BCUT2D eigenvalue weighted by Crippen LogP contribution is 2.20. The Hall–Kier alpha value is -1.46. The van der Waals surface area contributed by atoms with E-state index in [-0.39, 0.29) is 0 Å². The van der Waals surface area contributed by atoms with Gasteiger partial charge in [-0.2, -0.15) is 0 Å². The standard InChI is InChI=1S/C18H28ClN5/c1-2-22-8-7-15(14-22)13-21-18(20)24-11-9-23(10-12-24)17-5-3-16(19)4-6-17/h3-6,15H,2,7-14H2,1H3,(H2,20,21). The van der Waals surface area contributed by atoms with Crippen molar-refractivity contribution in [1.82, 2.24) is 9.80 Å². The van der Waals surface area contributed by atoms with Crippen molar-refractivity contribution in [2.75, 3.05) is 57.3 Å². The molecule has 0 saturated carbocycles. The third-order valence-electron chi connectivity index (χ3n) is 5.12. The summed E-state index contributed by atoms with van der Waals surface area (Å²) in [6.07, 6.45) is 1.25. The van der Waals surface area contributed by atoms with Crippen LogP contribution < -0.4 is 10.6 Å². The van der Waals surface area contributed by atoms with Gasteiger partial charge >= 0.3 is 0 Å². The average molecular weight is 350 g/mol. The zero-order valence-corrected chi connectivity index (χ0v) is 15.3. The van der Waals surface area contributed by atoms with Gasteiger partial charge < -0.3 is 20.4 Å². The summed E-state index contributed by atoms with van der Waals surface area (Å²) in [7, 11) is 0. The Morgan fingerprint density at radius 3 is 2.50 bits per heavy atom. The molecule has 2 heterocycles. The molecule has 3 rings (SSSR count). The van der Waals surface area contributed by atoms with Gasteiger partial charge in [-0.3, -0.25) is 4.99 Å². The van der Waals surface area contributed by atoms with Gasteiger partial charge in [0, 0.05) is 50.0 Å². The lowest BCUT2D eigenvalue weighted by Gasteiger charge is -2.36. The van der Waals surface area contributed by atoms with Crippen LogP contribution in [0.25, 0.3) is 0 Å². The summed E-state index contributed by atoms with van der Waals surface area (Å²) in [5.41, 5.74) is 7.45. The van der Waals surface area contributed by atoms with Gasteiger partial charge in [0.25, 0.3) is 0 Å². The maximum atomic E-state index is 6.22. The van der Waals surface area contributed by atoms with Crippen LogP contribution in [0, 0.1) is 5.92 Å². The van der Waals surface area contributed by atoms with Crippen LogP contribution in [0.4, 0.5) is 5.69 Å². The SMILES string of the molecule is CCN1CCC(CN=C(N)N2CCN(c3ccc(Cl)cc3)CC2)C1. The number of guanidine groups is 1. The minimum Gasteiger partial charge on any atom is -0.370 e. The lowest BCUT2D eigenvalue weighted by molar-refractivity contribution is 0.342. The molecule has 2 fully saturated rings. The summed E-state index contributed by atoms with van der Waals surface area (Å²) in [4.78, 5) is 11.7. The molecule has 5 nitrogen and oxygen atoms in total. The first kappa shape index (κ1) is 17.4. The van der Waals surface area contributed by atoms with Crippen LogP contribution in [0.15, 0.2) is 29.3 Å². The Balaban J connectivity index is 1.47. The van der Waals surface area contributed by atoms with E-state index in [1.54, 1.807) is 0 Å². The number of anilines is 1. The molecule has 1 unspecified atom stereocenters. The fourth-order valence-electron chi connectivity index (χ4n) is 3.52. The van der Waals surface area contributed by atoms with E-state index in [0.717, 1.165) is 50.8 Å². The molecule has 0 radical (unpaired) electrons. The second-order valence-corrected chi connectivity index (χ2v) is 7.13. The van der Waals surface area contributed by atoms with Gasteiger partial charge in [-0.05, 0) is 49.7 Å². The van der Waals surface area contributed by atoms with Crippen molar-refractivity contribution in [1.29, 1.82) is 0 Å². The number of benzene rings is 1. The van der Waals surface area contributed by atoms with Gasteiger partial charge in [-0.15, -0.1) is 0 Å². The largest absolute Gasteiger partial charge is 0.370 e. The smallest absolute Gasteiger partial charge is 0.191 e. The Morgan fingerprint density at radius 2 is 1.88 bits per heavy atom. The predicted molar refractivity (Wildman–Crippen MR) is 102 cm³/mol. The van der Waals surface area contributed by atoms with Crippen molar-refractivity contribution < 1.29 is 0 Å². The topological polar surface area (TPSA) is 48.1 Å². The molecule has 0 aromatic heterocycles. The molecule has 0 amide bonds. The molecule has 6 heteroatoms. The number of aliphatic imine (C=N–C) groups is 1. The van der Waals surface area contributed by atoms with Crippen molar-refractivity contribution in [3.8, 4) is 0 Å². The summed E-state index contributed by atoms with van der Waals surface area (Å²) < 4.78 is 0. The van der Waals surface area contributed by atoms with Crippen LogP contribution in [-0.2, 0) is 0 Å². The predicted octanol–water partition coefficient (Wildman–Crippen LogP) is 2.12. The minimum absolute atomic E-state index is 0.666. The summed E-state index contributed by atoms with van der Waals surface area (Å²) in [5.74, 6) is 1.37. The van der Waals surface area contributed by atoms with E-state index in [1.165, 1.54) is 18.7 Å². The maximum Gasteiger partial charge on any atom is 0.191 e. The first-order valence-corrected chi connectivity index (χ1v) is 9.31. The van der Waals surface area contributed by atoms with Gasteiger partial charge in [0.05, 0.1) is 0 Å². The molecular formula is C18H28ClN5. The van der Waals surface area contributed by atoms with Gasteiger partial charge in [-0.1, -0.05) is 18.5 Å². The zero-order valence-electron chi connectivity index (χ0n) is 14.5. The molecule has 2 aliphatic heterocycles. The number of hydrogen-bond donors (Lipinski definition) is 1. The summed E-state index contributed by atoms with van der Waals surface area (Å²) in [6.45, 7) is 10.4. The first-order valence-electron chi connectivity index (χ1n) is 8.93. The Kier molecular flexibility index (Phi) is 5.85. The third kappa shape index (κ3) is 4.33. The molecular weight excluding hydrogens is 322 g/mol. The van der Waals surface area contributed by atoms with Crippen LogP contribution >= 0.6 is 11.6 Å². The Labute approximate surface area is 150 Å². The molecule has 1 aromatic rings.